The van der Waals surface area contributed by atoms with Gasteiger partial charge in [0.15, 0.2) is 0 Å². The van der Waals surface area contributed by atoms with Crippen molar-refractivity contribution in [2.45, 2.75) is 71.2 Å². The molecule has 0 bridgehead atoms. The number of thioether (sulfide) groups is 2. The summed E-state index contributed by atoms with van der Waals surface area (Å²) < 4.78 is 12.3. The molecule has 3 unspecified atom stereocenters. The number of nitrogens with zero attached hydrogens (tertiary/aromatic N) is 3. The summed E-state index contributed by atoms with van der Waals surface area (Å²) in [6.45, 7) is 6.72. The van der Waals surface area contributed by atoms with Crippen LogP contribution in [-0.4, -0.2) is 117 Å². The number of rotatable bonds is 9. The van der Waals surface area contributed by atoms with Crippen LogP contribution in [0.4, 0.5) is 0 Å². The quantitative estimate of drug-likeness (QED) is 0.186. The summed E-state index contributed by atoms with van der Waals surface area (Å²) in [4.78, 5) is 25.7. The van der Waals surface area contributed by atoms with Crippen LogP contribution >= 0.6 is 23.5 Å². The SMILES string of the molecule is C=N[C@@]1(C(=O)N[C@H]([C@H](C)Sc2ccc(-c3cccnc3)cc2)[C@H]2OC(SC)[C@H](O)C(O)C2O)[C@@H]2OCC=CC[C@H]2CN1C. The van der Waals surface area contributed by atoms with Gasteiger partial charge in [-0.05, 0) is 55.8 Å². The largest absolute Gasteiger partial charge is 0.388 e. The van der Waals surface area contributed by atoms with Gasteiger partial charge in [-0.15, -0.1) is 23.5 Å². The van der Waals surface area contributed by atoms with Gasteiger partial charge >= 0.3 is 0 Å². The van der Waals surface area contributed by atoms with E-state index in [1.165, 1.54) is 23.5 Å². The van der Waals surface area contributed by atoms with Gasteiger partial charge in [0.05, 0.1) is 12.6 Å². The Bertz CT molecular complexity index is 1280. The van der Waals surface area contributed by atoms with Crippen molar-refractivity contribution in [3.63, 3.8) is 0 Å². The molecule has 10 atom stereocenters. The van der Waals surface area contributed by atoms with E-state index in [2.05, 4.69) is 28.1 Å². The minimum atomic E-state index is -1.45. The molecular weight excluding hydrogens is 588 g/mol. The second-order valence-electron chi connectivity index (χ2n) is 11.3. The molecule has 1 amide bonds. The number of aliphatic hydroxyl groups excluding tert-OH is 3. The number of pyridine rings is 1. The molecule has 3 aliphatic rings. The Balaban J connectivity index is 1.43. The third-order valence-electron chi connectivity index (χ3n) is 8.64. The lowest BCUT2D eigenvalue weighted by Gasteiger charge is -2.45. The monoisotopic (exact) mass is 628 g/mol. The molecule has 12 heteroatoms. The third kappa shape index (κ3) is 6.30. The van der Waals surface area contributed by atoms with Crippen LogP contribution in [0.5, 0.6) is 0 Å². The van der Waals surface area contributed by atoms with Gasteiger partial charge in [0.1, 0.15) is 36.0 Å². The maximum atomic E-state index is 14.3. The van der Waals surface area contributed by atoms with Gasteiger partial charge in [-0.2, -0.15) is 0 Å². The van der Waals surface area contributed by atoms with E-state index in [4.69, 9.17) is 9.47 Å². The third-order valence-corrected chi connectivity index (χ3v) is 10.7. The first kappa shape index (κ1) is 32.1. The highest BCUT2D eigenvalue weighted by Gasteiger charge is 2.59. The Morgan fingerprint density at radius 1 is 1.16 bits per heavy atom. The van der Waals surface area contributed by atoms with Crippen LogP contribution in [0, 0.1) is 5.92 Å². The number of likely N-dealkylation sites (N-methyl/N-ethyl adjacent to an activating group) is 1. The van der Waals surface area contributed by atoms with Crippen molar-refractivity contribution in [1.29, 1.82) is 0 Å². The van der Waals surface area contributed by atoms with Crippen LogP contribution in [0.15, 0.2) is 70.8 Å². The van der Waals surface area contributed by atoms with Crippen molar-refractivity contribution in [3.05, 3.63) is 60.9 Å². The Morgan fingerprint density at radius 3 is 2.60 bits per heavy atom. The molecule has 1 aromatic carbocycles. The van der Waals surface area contributed by atoms with Crippen molar-refractivity contribution in [2.75, 3.05) is 26.5 Å². The van der Waals surface area contributed by atoms with E-state index in [0.29, 0.717) is 13.2 Å². The number of allylic oxidation sites excluding steroid dienone is 1. The molecular formula is C31H40N4O6S2. The number of carbonyl (C=O) groups excluding carboxylic acids is 1. The van der Waals surface area contributed by atoms with Gasteiger partial charge in [0, 0.05) is 35.0 Å². The number of aromatic nitrogens is 1. The number of benzene rings is 1. The van der Waals surface area contributed by atoms with Gasteiger partial charge in [0.2, 0.25) is 5.66 Å². The molecule has 0 radical (unpaired) electrons. The average Bonchev–Trinajstić information content (AvgIpc) is 3.13. The number of carbonyl (C=O) groups is 1. The number of hydrogen-bond acceptors (Lipinski definition) is 11. The van der Waals surface area contributed by atoms with E-state index < -0.39 is 53.6 Å². The van der Waals surface area contributed by atoms with Crippen molar-refractivity contribution in [2.24, 2.45) is 10.9 Å². The zero-order valence-electron chi connectivity index (χ0n) is 24.5. The molecule has 2 fully saturated rings. The molecule has 0 spiro atoms. The Kier molecular flexibility index (Phi) is 10.3. The van der Waals surface area contributed by atoms with Crippen molar-refractivity contribution < 1.29 is 29.6 Å². The van der Waals surface area contributed by atoms with Crippen LogP contribution in [0.1, 0.15) is 13.3 Å². The molecule has 3 aliphatic heterocycles. The zero-order valence-corrected chi connectivity index (χ0v) is 26.2. The zero-order chi connectivity index (χ0) is 30.7. The van der Waals surface area contributed by atoms with Gasteiger partial charge in [-0.3, -0.25) is 19.7 Å². The molecule has 2 aromatic rings. The van der Waals surface area contributed by atoms with Crippen LogP contribution in [0.3, 0.4) is 0 Å². The predicted molar refractivity (Wildman–Crippen MR) is 169 cm³/mol. The molecule has 0 saturated carbocycles. The second kappa shape index (κ2) is 13.8. The number of amides is 1. The van der Waals surface area contributed by atoms with E-state index in [1.54, 1.807) is 12.5 Å². The topological polar surface area (TPSA) is 137 Å². The molecule has 5 rings (SSSR count). The maximum absolute atomic E-state index is 14.3. The Labute approximate surface area is 261 Å². The first-order chi connectivity index (χ1) is 20.7. The predicted octanol–water partition coefficient (Wildman–Crippen LogP) is 2.19. The molecule has 0 aliphatic carbocycles. The molecule has 4 N–H and O–H groups in total. The summed E-state index contributed by atoms with van der Waals surface area (Å²) in [6, 6.07) is 11.1. The minimum Gasteiger partial charge on any atom is -0.388 e. The lowest BCUT2D eigenvalue weighted by molar-refractivity contribution is -0.205. The lowest BCUT2D eigenvalue weighted by Crippen LogP contribution is -2.68. The number of aliphatic hydroxyl groups is 3. The first-order valence-electron chi connectivity index (χ1n) is 14.4. The lowest BCUT2D eigenvalue weighted by atomic mass is 9.91. The Hall–Kier alpha value is -2.29. The highest BCUT2D eigenvalue weighted by molar-refractivity contribution is 8.00. The number of ether oxygens (including phenoxy) is 2. The summed E-state index contributed by atoms with van der Waals surface area (Å²) in [5.41, 5.74) is -0.151. The minimum absolute atomic E-state index is 0.0536. The molecule has 2 saturated heterocycles. The van der Waals surface area contributed by atoms with Gasteiger partial charge in [-0.1, -0.05) is 37.3 Å². The molecule has 10 nitrogen and oxygen atoms in total. The van der Waals surface area contributed by atoms with E-state index in [0.717, 1.165) is 22.4 Å². The molecule has 232 valence electrons. The number of nitrogens with one attached hydrogen (secondary N) is 1. The summed E-state index contributed by atoms with van der Waals surface area (Å²) in [6.07, 6.45) is 4.36. The maximum Gasteiger partial charge on any atom is 0.266 e. The highest BCUT2D eigenvalue weighted by atomic mass is 32.2. The molecule has 43 heavy (non-hydrogen) atoms. The van der Waals surface area contributed by atoms with E-state index >= 15 is 0 Å². The summed E-state index contributed by atoms with van der Waals surface area (Å²) in [5, 5.41) is 35.2. The normalized spacial score (nSPS) is 34.1. The van der Waals surface area contributed by atoms with Crippen LogP contribution in [0.25, 0.3) is 11.1 Å². The van der Waals surface area contributed by atoms with Crippen LogP contribution in [-0.2, 0) is 14.3 Å². The average molecular weight is 629 g/mol. The van der Waals surface area contributed by atoms with E-state index in [9.17, 15) is 20.1 Å². The van der Waals surface area contributed by atoms with Crippen LogP contribution < -0.4 is 5.32 Å². The van der Waals surface area contributed by atoms with Gasteiger partial charge in [-0.25, -0.2) is 0 Å². The Morgan fingerprint density at radius 2 is 1.93 bits per heavy atom. The number of aliphatic imine (C=N–C) groups is 1. The standard InChI is InChI=1S/C31H40N4O6S2/c1-18(43-22-12-10-19(11-13-22)20-9-7-14-33-16-20)23(27-25(37)24(36)26(38)29(41-27)42-4)34-30(39)31(32-2)28-21(17-35(31)3)8-5-6-15-40-28/h5-7,9-14,16,18,21,23-29,36-38H,2,8,15,17H2,1,3-4H3,(H,34,39)/t18-,21-,23+,24?,25?,26+,27+,28+,29?,31-/m0/s1. The van der Waals surface area contributed by atoms with Crippen molar-refractivity contribution in [3.8, 4) is 11.1 Å². The van der Waals surface area contributed by atoms with Crippen molar-refractivity contribution >= 4 is 36.1 Å². The van der Waals surface area contributed by atoms with Gasteiger partial charge in [0.25, 0.3) is 5.91 Å². The fraction of sp³-hybridized carbons (Fsp3) is 0.516. The smallest absolute Gasteiger partial charge is 0.266 e. The second-order valence-corrected chi connectivity index (χ2v) is 13.6. The summed E-state index contributed by atoms with van der Waals surface area (Å²) >= 11 is 2.74. The number of likely N-dealkylation sites (tertiary alicyclic amines) is 1. The molecule has 4 heterocycles. The molecule has 1 aromatic heterocycles. The van der Waals surface area contributed by atoms with E-state index in [-0.39, 0.29) is 11.2 Å². The number of hydrogen-bond donors (Lipinski definition) is 4. The van der Waals surface area contributed by atoms with Crippen LogP contribution in [0.2, 0.25) is 0 Å². The highest BCUT2D eigenvalue weighted by Crippen LogP contribution is 2.40. The van der Waals surface area contributed by atoms with Crippen molar-refractivity contribution in [1.82, 2.24) is 15.2 Å². The van der Waals surface area contributed by atoms with Gasteiger partial charge < -0.3 is 30.1 Å². The fourth-order valence-corrected chi connectivity index (χ4v) is 8.07. The first-order valence-corrected chi connectivity index (χ1v) is 16.5. The van der Waals surface area contributed by atoms with E-state index in [1.807, 2.05) is 67.5 Å². The summed E-state index contributed by atoms with van der Waals surface area (Å²) in [7, 11) is 1.84. The number of fused-ring (bicyclic) bond motifs is 1. The summed E-state index contributed by atoms with van der Waals surface area (Å²) in [5.74, 6) is -0.362. The fourth-order valence-electron chi connectivity index (χ4n) is 6.30.